The monoisotopic (exact) mass is 242 g/mol. The lowest BCUT2D eigenvalue weighted by Gasteiger charge is -2.16. The Hall–Kier alpha value is -0.940. The molecule has 1 aromatic rings. The van der Waals surface area contributed by atoms with E-state index in [4.69, 9.17) is 5.11 Å². The fourth-order valence-electron chi connectivity index (χ4n) is 1.48. The summed E-state index contributed by atoms with van der Waals surface area (Å²) in [6.07, 6.45) is 4.76. The molecule has 1 heterocycles. The quantitative estimate of drug-likeness (QED) is 0.662. The highest BCUT2D eigenvalue weighted by atomic mass is 32.2. The zero-order chi connectivity index (χ0) is 11.8. The molecule has 16 heavy (non-hydrogen) atoms. The van der Waals surface area contributed by atoms with Crippen LogP contribution in [-0.4, -0.2) is 40.7 Å². The minimum Gasteiger partial charge on any atom is -0.396 e. The first kappa shape index (κ1) is 13.1. The Balaban J connectivity index is 2.35. The fraction of sp³-hybridized carbons (Fsp3) is 0.545. The number of aromatic nitrogens is 1. The van der Waals surface area contributed by atoms with Gasteiger partial charge in [0.05, 0.1) is 6.42 Å². The number of rotatable bonds is 7. The minimum atomic E-state index is -0.00468. The molecule has 1 unspecified atom stereocenters. The van der Waals surface area contributed by atoms with E-state index in [2.05, 4.69) is 10.3 Å². The Bertz CT molecular complexity index is 295. The molecule has 0 aliphatic carbocycles. The number of thioether (sulfide) groups is 1. The van der Waals surface area contributed by atoms with Crippen molar-refractivity contribution in [2.75, 3.05) is 18.6 Å². The van der Waals surface area contributed by atoms with Gasteiger partial charge >= 0.3 is 0 Å². The number of aliphatic hydroxyl groups is 1. The van der Waals surface area contributed by atoms with Crippen LogP contribution in [0.2, 0.25) is 0 Å². The lowest BCUT2D eigenvalue weighted by atomic mass is 10.2. The molecular formula is C11H18N2O2S. The number of hydrogen-bond donors (Lipinski definition) is 3. The largest absolute Gasteiger partial charge is 0.396 e. The molecule has 0 saturated heterocycles. The van der Waals surface area contributed by atoms with Crippen LogP contribution in [0.1, 0.15) is 12.1 Å². The van der Waals surface area contributed by atoms with Gasteiger partial charge in [-0.3, -0.25) is 4.79 Å². The molecule has 3 N–H and O–H groups in total. The van der Waals surface area contributed by atoms with E-state index in [0.29, 0.717) is 12.8 Å². The molecule has 1 amide bonds. The highest BCUT2D eigenvalue weighted by Crippen LogP contribution is 2.02. The zero-order valence-corrected chi connectivity index (χ0v) is 10.2. The van der Waals surface area contributed by atoms with Gasteiger partial charge in [-0.1, -0.05) is 0 Å². The maximum Gasteiger partial charge on any atom is 0.226 e. The summed E-state index contributed by atoms with van der Waals surface area (Å²) >= 11 is 1.67. The van der Waals surface area contributed by atoms with E-state index < -0.39 is 0 Å². The summed E-state index contributed by atoms with van der Waals surface area (Å²) in [6, 6.07) is 3.81. The van der Waals surface area contributed by atoms with E-state index in [1.807, 2.05) is 18.4 Å². The smallest absolute Gasteiger partial charge is 0.226 e. The highest BCUT2D eigenvalue weighted by molar-refractivity contribution is 7.98. The van der Waals surface area contributed by atoms with Crippen LogP contribution in [0.3, 0.4) is 0 Å². The summed E-state index contributed by atoms with van der Waals surface area (Å²) in [6.45, 7) is 0.105. The third-order valence-electron chi connectivity index (χ3n) is 2.22. The Kier molecular flexibility index (Phi) is 6.03. The van der Waals surface area contributed by atoms with E-state index in [1.54, 1.807) is 18.0 Å². The van der Waals surface area contributed by atoms with Gasteiger partial charge < -0.3 is 15.4 Å². The van der Waals surface area contributed by atoms with E-state index >= 15 is 0 Å². The molecule has 1 rings (SSSR count). The van der Waals surface area contributed by atoms with Crippen molar-refractivity contribution in [2.24, 2.45) is 0 Å². The van der Waals surface area contributed by atoms with Crippen molar-refractivity contribution >= 4 is 17.7 Å². The molecule has 4 nitrogen and oxygen atoms in total. The van der Waals surface area contributed by atoms with Crippen molar-refractivity contribution in [1.82, 2.24) is 10.3 Å². The first-order valence-corrected chi connectivity index (χ1v) is 6.67. The standard InChI is InChI=1S/C11H18N2O2S/c1-16-8-10(4-6-14)13-11(15)7-9-3-2-5-12-9/h2-3,5,10,12,14H,4,6-8H2,1H3,(H,13,15). The second-order valence-corrected chi connectivity index (χ2v) is 4.51. The highest BCUT2D eigenvalue weighted by Gasteiger charge is 2.11. The molecule has 0 fully saturated rings. The zero-order valence-electron chi connectivity index (χ0n) is 9.40. The third-order valence-corrected chi connectivity index (χ3v) is 2.96. The SMILES string of the molecule is CSCC(CCO)NC(=O)Cc1ccc[nH]1. The van der Waals surface area contributed by atoms with Crippen LogP contribution in [-0.2, 0) is 11.2 Å². The molecule has 0 aliphatic rings. The van der Waals surface area contributed by atoms with Crippen LogP contribution in [0, 0.1) is 0 Å². The van der Waals surface area contributed by atoms with Crippen LogP contribution in [0.5, 0.6) is 0 Å². The lowest BCUT2D eigenvalue weighted by molar-refractivity contribution is -0.121. The molecular weight excluding hydrogens is 224 g/mol. The van der Waals surface area contributed by atoms with Gasteiger partial charge in [0.2, 0.25) is 5.91 Å². The fourth-order valence-corrected chi connectivity index (χ4v) is 2.14. The molecule has 0 saturated carbocycles. The van der Waals surface area contributed by atoms with Crippen molar-refractivity contribution in [3.63, 3.8) is 0 Å². The van der Waals surface area contributed by atoms with E-state index in [1.165, 1.54) is 0 Å². The van der Waals surface area contributed by atoms with Crippen molar-refractivity contribution in [3.05, 3.63) is 24.0 Å². The second kappa shape index (κ2) is 7.35. The summed E-state index contributed by atoms with van der Waals surface area (Å²) in [5, 5.41) is 11.8. The van der Waals surface area contributed by atoms with Gasteiger partial charge in [0.15, 0.2) is 0 Å². The molecule has 0 spiro atoms. The second-order valence-electron chi connectivity index (χ2n) is 3.60. The Morgan fingerprint density at radius 1 is 1.69 bits per heavy atom. The molecule has 0 radical (unpaired) electrons. The minimum absolute atomic E-state index is 0.00468. The van der Waals surface area contributed by atoms with Crippen molar-refractivity contribution in [2.45, 2.75) is 18.9 Å². The molecule has 5 heteroatoms. The van der Waals surface area contributed by atoms with Crippen LogP contribution in [0.15, 0.2) is 18.3 Å². The van der Waals surface area contributed by atoms with Crippen LogP contribution < -0.4 is 5.32 Å². The Morgan fingerprint density at radius 2 is 2.50 bits per heavy atom. The molecule has 0 bridgehead atoms. The predicted octanol–water partition coefficient (Wildman–Crippen LogP) is 0.787. The third kappa shape index (κ3) is 4.72. The molecule has 1 atom stereocenters. The van der Waals surface area contributed by atoms with Gasteiger partial charge in [-0.15, -0.1) is 0 Å². The van der Waals surface area contributed by atoms with Gasteiger partial charge in [0, 0.05) is 30.3 Å². The lowest BCUT2D eigenvalue weighted by Crippen LogP contribution is -2.38. The van der Waals surface area contributed by atoms with Crippen LogP contribution >= 0.6 is 11.8 Å². The predicted molar refractivity (Wildman–Crippen MR) is 66.5 cm³/mol. The first-order valence-electron chi connectivity index (χ1n) is 5.27. The van der Waals surface area contributed by atoms with Crippen LogP contribution in [0.25, 0.3) is 0 Å². The maximum absolute atomic E-state index is 11.6. The van der Waals surface area contributed by atoms with E-state index in [9.17, 15) is 4.79 Å². The normalized spacial score (nSPS) is 12.4. The number of aliphatic hydroxyl groups excluding tert-OH is 1. The van der Waals surface area contributed by atoms with Gasteiger partial charge in [0.1, 0.15) is 0 Å². The summed E-state index contributed by atoms with van der Waals surface area (Å²) in [4.78, 5) is 14.6. The molecule has 1 aromatic heterocycles. The maximum atomic E-state index is 11.6. The van der Waals surface area contributed by atoms with Crippen LogP contribution in [0.4, 0.5) is 0 Å². The number of hydrogen-bond acceptors (Lipinski definition) is 3. The van der Waals surface area contributed by atoms with Gasteiger partial charge in [-0.25, -0.2) is 0 Å². The number of aromatic amines is 1. The van der Waals surface area contributed by atoms with E-state index in [-0.39, 0.29) is 18.6 Å². The summed E-state index contributed by atoms with van der Waals surface area (Å²) in [5.74, 6) is 0.826. The van der Waals surface area contributed by atoms with Crippen molar-refractivity contribution < 1.29 is 9.90 Å². The number of carbonyl (C=O) groups excluding carboxylic acids is 1. The summed E-state index contributed by atoms with van der Waals surface area (Å²) in [5.41, 5.74) is 0.907. The topological polar surface area (TPSA) is 65.1 Å². The Labute approximate surface area is 99.8 Å². The first-order chi connectivity index (χ1) is 7.76. The Morgan fingerprint density at radius 3 is 3.06 bits per heavy atom. The number of amides is 1. The van der Waals surface area contributed by atoms with Crippen molar-refractivity contribution in [3.8, 4) is 0 Å². The number of carbonyl (C=O) groups is 1. The average molecular weight is 242 g/mol. The van der Waals surface area contributed by atoms with E-state index in [0.717, 1.165) is 11.4 Å². The summed E-state index contributed by atoms with van der Waals surface area (Å²) in [7, 11) is 0. The average Bonchev–Trinajstić information content (AvgIpc) is 2.71. The van der Waals surface area contributed by atoms with Gasteiger partial charge in [-0.2, -0.15) is 11.8 Å². The van der Waals surface area contributed by atoms with Gasteiger partial charge in [0.25, 0.3) is 0 Å². The molecule has 0 aliphatic heterocycles. The number of nitrogens with one attached hydrogen (secondary N) is 2. The molecule has 0 aromatic carbocycles. The van der Waals surface area contributed by atoms with Gasteiger partial charge in [-0.05, 0) is 24.8 Å². The van der Waals surface area contributed by atoms with Crippen molar-refractivity contribution in [1.29, 1.82) is 0 Å². The number of H-pyrrole nitrogens is 1. The molecule has 90 valence electrons. The summed E-state index contributed by atoms with van der Waals surface area (Å²) < 4.78 is 0.